The Balaban J connectivity index is 1.71. The van der Waals surface area contributed by atoms with Crippen LogP contribution in [-0.4, -0.2) is 48.3 Å². The number of nitrogens with zero attached hydrogens (tertiary/aromatic N) is 2. The second-order valence-electron chi connectivity index (χ2n) is 7.51. The van der Waals surface area contributed by atoms with Gasteiger partial charge in [-0.1, -0.05) is 48.0 Å². The molecule has 2 amide bonds. The molecule has 4 nitrogen and oxygen atoms in total. The third-order valence-electron chi connectivity index (χ3n) is 5.32. The summed E-state index contributed by atoms with van der Waals surface area (Å²) in [4.78, 5) is 28.6. The third-order valence-corrected chi connectivity index (χ3v) is 5.32. The number of hydrogen-bond donors (Lipinski definition) is 0. The van der Waals surface area contributed by atoms with Crippen LogP contribution in [0.25, 0.3) is 0 Å². The largest absolute Gasteiger partial charge is 0.343 e. The molecule has 0 saturated carbocycles. The predicted molar refractivity (Wildman–Crippen MR) is 108 cm³/mol. The van der Waals surface area contributed by atoms with Crippen molar-refractivity contribution in [2.45, 2.75) is 26.7 Å². The summed E-state index contributed by atoms with van der Waals surface area (Å²) < 4.78 is 0. The van der Waals surface area contributed by atoms with E-state index in [4.69, 9.17) is 0 Å². The van der Waals surface area contributed by atoms with E-state index in [-0.39, 0.29) is 17.7 Å². The summed E-state index contributed by atoms with van der Waals surface area (Å²) in [5.74, 6) is 0.443. The number of likely N-dealkylation sites (tertiary alicyclic amines) is 1. The average Bonchev–Trinajstić information content (AvgIpc) is 3.02. The van der Waals surface area contributed by atoms with Crippen molar-refractivity contribution in [3.8, 4) is 0 Å². The molecular formula is C23H28N2O2. The van der Waals surface area contributed by atoms with E-state index in [2.05, 4.69) is 31.2 Å². The van der Waals surface area contributed by atoms with Crippen molar-refractivity contribution in [2.75, 3.05) is 26.7 Å². The molecule has 142 valence electrons. The molecule has 27 heavy (non-hydrogen) atoms. The van der Waals surface area contributed by atoms with Crippen LogP contribution in [-0.2, 0) is 11.2 Å². The second kappa shape index (κ2) is 8.38. The van der Waals surface area contributed by atoms with E-state index in [1.165, 1.54) is 11.1 Å². The molecule has 0 radical (unpaired) electrons. The summed E-state index contributed by atoms with van der Waals surface area (Å²) in [5, 5.41) is 0. The lowest BCUT2D eigenvalue weighted by molar-refractivity contribution is -0.127. The molecular weight excluding hydrogens is 336 g/mol. The standard InChI is InChI=1S/C23H28N2O2/c1-4-25-16-19(14-22(25)26)15-24(3)23(27)21-8-6-5-7-20(21)13-18-11-9-17(2)10-12-18/h5-12,19H,4,13-16H2,1-3H3/t19-/m0/s1. The van der Waals surface area contributed by atoms with E-state index in [0.29, 0.717) is 13.0 Å². The lowest BCUT2D eigenvalue weighted by Crippen LogP contribution is -2.33. The summed E-state index contributed by atoms with van der Waals surface area (Å²) in [6, 6.07) is 16.3. The van der Waals surface area contributed by atoms with Gasteiger partial charge in [-0.3, -0.25) is 9.59 Å². The lowest BCUT2D eigenvalue weighted by atomic mass is 9.98. The Morgan fingerprint density at radius 1 is 1.15 bits per heavy atom. The first-order valence-corrected chi connectivity index (χ1v) is 9.64. The highest BCUT2D eigenvalue weighted by atomic mass is 16.2. The van der Waals surface area contributed by atoms with Gasteiger partial charge in [-0.25, -0.2) is 0 Å². The van der Waals surface area contributed by atoms with Crippen LogP contribution in [0.2, 0.25) is 0 Å². The topological polar surface area (TPSA) is 40.6 Å². The first-order chi connectivity index (χ1) is 13.0. The van der Waals surface area contributed by atoms with Crippen LogP contribution in [0.5, 0.6) is 0 Å². The molecule has 0 aromatic heterocycles. The Bertz CT molecular complexity index is 813. The molecule has 2 aromatic rings. The van der Waals surface area contributed by atoms with Crippen molar-refractivity contribution in [3.05, 3.63) is 70.8 Å². The van der Waals surface area contributed by atoms with E-state index in [9.17, 15) is 9.59 Å². The third kappa shape index (κ3) is 4.57. The molecule has 2 aromatic carbocycles. The molecule has 1 saturated heterocycles. The summed E-state index contributed by atoms with van der Waals surface area (Å²) in [7, 11) is 1.84. The number of hydrogen-bond acceptors (Lipinski definition) is 2. The number of benzene rings is 2. The lowest BCUT2D eigenvalue weighted by Gasteiger charge is -2.22. The van der Waals surface area contributed by atoms with Crippen molar-refractivity contribution in [1.29, 1.82) is 0 Å². The van der Waals surface area contributed by atoms with Crippen molar-refractivity contribution in [2.24, 2.45) is 5.92 Å². The maximum Gasteiger partial charge on any atom is 0.253 e. The van der Waals surface area contributed by atoms with Gasteiger partial charge in [-0.2, -0.15) is 0 Å². The minimum absolute atomic E-state index is 0.0279. The van der Waals surface area contributed by atoms with Crippen molar-refractivity contribution in [3.63, 3.8) is 0 Å². The van der Waals surface area contributed by atoms with Crippen LogP contribution in [0.1, 0.15) is 40.4 Å². The van der Waals surface area contributed by atoms with Crippen LogP contribution in [0.4, 0.5) is 0 Å². The zero-order valence-corrected chi connectivity index (χ0v) is 16.4. The Kier molecular flexibility index (Phi) is 5.94. The molecule has 3 rings (SSSR count). The predicted octanol–water partition coefficient (Wildman–Crippen LogP) is 3.53. The van der Waals surface area contributed by atoms with Gasteiger partial charge in [0.05, 0.1) is 0 Å². The van der Waals surface area contributed by atoms with Crippen LogP contribution < -0.4 is 0 Å². The summed E-state index contributed by atoms with van der Waals surface area (Å²) >= 11 is 0. The minimum atomic E-state index is 0.0279. The monoisotopic (exact) mass is 364 g/mol. The van der Waals surface area contributed by atoms with Gasteiger partial charge in [0.2, 0.25) is 5.91 Å². The molecule has 0 aliphatic carbocycles. The van der Waals surface area contributed by atoms with Crippen molar-refractivity contribution in [1.82, 2.24) is 9.80 Å². The molecule has 0 unspecified atom stereocenters. The van der Waals surface area contributed by atoms with Crippen LogP contribution in [0.3, 0.4) is 0 Å². The summed E-state index contributed by atoms with van der Waals surface area (Å²) in [6.45, 7) is 6.17. The second-order valence-corrected chi connectivity index (χ2v) is 7.51. The zero-order valence-electron chi connectivity index (χ0n) is 16.4. The van der Waals surface area contributed by atoms with E-state index in [1.54, 1.807) is 4.90 Å². The Morgan fingerprint density at radius 2 is 1.85 bits per heavy atom. The van der Waals surface area contributed by atoms with Gasteiger partial charge >= 0.3 is 0 Å². The fourth-order valence-corrected chi connectivity index (χ4v) is 3.77. The molecule has 1 atom stereocenters. The number of carbonyl (C=O) groups excluding carboxylic acids is 2. The Hall–Kier alpha value is -2.62. The van der Waals surface area contributed by atoms with Gasteiger partial charge < -0.3 is 9.80 Å². The molecule has 1 aliphatic rings. The molecule has 1 fully saturated rings. The smallest absolute Gasteiger partial charge is 0.253 e. The highest BCUT2D eigenvalue weighted by molar-refractivity contribution is 5.95. The number of amides is 2. The van der Waals surface area contributed by atoms with Gasteiger partial charge in [0.1, 0.15) is 0 Å². The van der Waals surface area contributed by atoms with Crippen molar-refractivity contribution >= 4 is 11.8 Å². The fraction of sp³-hybridized carbons (Fsp3) is 0.391. The first kappa shape index (κ1) is 19.2. The van der Waals surface area contributed by atoms with Gasteiger partial charge in [0, 0.05) is 44.6 Å². The van der Waals surface area contributed by atoms with Crippen LogP contribution in [0.15, 0.2) is 48.5 Å². The molecule has 1 aliphatic heterocycles. The maximum atomic E-state index is 13.1. The molecule has 0 N–H and O–H groups in total. The summed E-state index contributed by atoms with van der Waals surface area (Å²) in [6.07, 6.45) is 1.28. The van der Waals surface area contributed by atoms with E-state index >= 15 is 0 Å². The Labute approximate surface area is 161 Å². The highest BCUT2D eigenvalue weighted by Gasteiger charge is 2.30. The number of aryl methyl sites for hydroxylation is 1. The SMILES string of the molecule is CCN1C[C@H](CN(C)C(=O)c2ccccc2Cc2ccc(C)cc2)CC1=O. The van der Waals surface area contributed by atoms with Crippen molar-refractivity contribution < 1.29 is 9.59 Å². The van der Waals surface area contributed by atoms with Gasteiger partial charge in [-0.05, 0) is 37.5 Å². The van der Waals surface area contributed by atoms with E-state index in [0.717, 1.165) is 30.6 Å². The zero-order chi connectivity index (χ0) is 19.4. The molecule has 4 heteroatoms. The average molecular weight is 364 g/mol. The molecule has 0 bridgehead atoms. The molecule has 1 heterocycles. The minimum Gasteiger partial charge on any atom is -0.343 e. The maximum absolute atomic E-state index is 13.1. The first-order valence-electron chi connectivity index (χ1n) is 9.64. The fourth-order valence-electron chi connectivity index (χ4n) is 3.77. The quantitative estimate of drug-likeness (QED) is 0.787. The number of rotatable bonds is 6. The van der Waals surface area contributed by atoms with Gasteiger partial charge in [0.25, 0.3) is 5.91 Å². The van der Waals surface area contributed by atoms with E-state index in [1.807, 2.05) is 43.1 Å². The molecule has 0 spiro atoms. The van der Waals surface area contributed by atoms with Crippen LogP contribution >= 0.6 is 0 Å². The summed E-state index contributed by atoms with van der Waals surface area (Å²) in [5.41, 5.74) is 4.21. The van der Waals surface area contributed by atoms with Gasteiger partial charge in [-0.15, -0.1) is 0 Å². The Morgan fingerprint density at radius 3 is 2.52 bits per heavy atom. The normalized spacial score (nSPS) is 16.6. The highest BCUT2D eigenvalue weighted by Crippen LogP contribution is 2.21. The number of carbonyl (C=O) groups is 2. The van der Waals surface area contributed by atoms with Crippen LogP contribution in [0, 0.1) is 12.8 Å². The van der Waals surface area contributed by atoms with E-state index < -0.39 is 0 Å². The van der Waals surface area contributed by atoms with Gasteiger partial charge in [0.15, 0.2) is 0 Å².